The first-order chi connectivity index (χ1) is 10.1. The fraction of sp³-hybridized carbons (Fsp3) is 0.133. The molecule has 0 fully saturated rings. The van der Waals surface area contributed by atoms with Crippen LogP contribution in [0.5, 0.6) is 11.5 Å². The zero-order chi connectivity index (χ0) is 15.2. The Morgan fingerprint density at radius 3 is 2.38 bits per heavy atom. The molecule has 2 aromatic carbocycles. The third-order valence-electron chi connectivity index (χ3n) is 2.82. The smallest absolute Gasteiger partial charge is 0.316 e. The molecule has 6 heteroatoms. The molecule has 0 atom stereocenters. The van der Waals surface area contributed by atoms with Gasteiger partial charge in [0.1, 0.15) is 0 Å². The molecule has 0 unspecified atom stereocenters. The van der Waals surface area contributed by atoms with E-state index >= 15 is 0 Å². The van der Waals surface area contributed by atoms with Gasteiger partial charge in [-0.3, -0.25) is 14.9 Å². The van der Waals surface area contributed by atoms with Crippen molar-refractivity contribution in [2.75, 3.05) is 7.11 Å². The van der Waals surface area contributed by atoms with Crippen LogP contribution in [0.3, 0.4) is 0 Å². The number of rotatable bonds is 5. The van der Waals surface area contributed by atoms with Crippen LogP contribution < -0.4 is 9.47 Å². The largest absolute Gasteiger partial charge is 0.493 e. The van der Waals surface area contributed by atoms with Crippen molar-refractivity contribution < 1.29 is 19.2 Å². The average molecular weight is 287 g/mol. The first kappa shape index (κ1) is 14.5. The van der Waals surface area contributed by atoms with Crippen LogP contribution in [0.25, 0.3) is 0 Å². The van der Waals surface area contributed by atoms with Gasteiger partial charge in [-0.15, -0.1) is 0 Å². The third kappa shape index (κ3) is 3.56. The van der Waals surface area contributed by atoms with Gasteiger partial charge in [0, 0.05) is 11.6 Å². The highest BCUT2D eigenvalue weighted by Crippen LogP contribution is 2.26. The second kappa shape index (κ2) is 6.51. The van der Waals surface area contributed by atoms with Gasteiger partial charge in [-0.05, 0) is 12.1 Å². The molecule has 2 rings (SSSR count). The van der Waals surface area contributed by atoms with Crippen LogP contribution in [0, 0.1) is 10.1 Å². The summed E-state index contributed by atoms with van der Waals surface area (Å²) >= 11 is 0. The van der Waals surface area contributed by atoms with E-state index in [0.29, 0.717) is 11.3 Å². The highest BCUT2D eigenvalue weighted by atomic mass is 16.6. The topological polar surface area (TPSA) is 78.7 Å². The number of ether oxygens (including phenoxy) is 2. The first-order valence-electron chi connectivity index (χ1n) is 6.18. The summed E-state index contributed by atoms with van der Waals surface area (Å²) in [6, 6.07) is 12.8. The molecule has 0 aliphatic heterocycles. The number of nitro benzene ring substituents is 1. The molecular formula is C15H13NO5. The van der Waals surface area contributed by atoms with Crippen LogP contribution in [-0.4, -0.2) is 18.0 Å². The van der Waals surface area contributed by atoms with Crippen molar-refractivity contribution in [3.8, 4) is 11.5 Å². The quantitative estimate of drug-likeness (QED) is 0.365. The van der Waals surface area contributed by atoms with E-state index in [1.807, 2.05) is 0 Å². The Morgan fingerprint density at radius 2 is 1.71 bits per heavy atom. The van der Waals surface area contributed by atoms with Gasteiger partial charge in [-0.25, -0.2) is 0 Å². The van der Waals surface area contributed by atoms with Crippen molar-refractivity contribution in [1.29, 1.82) is 0 Å². The molecule has 0 spiro atoms. The van der Waals surface area contributed by atoms with Crippen molar-refractivity contribution in [2.24, 2.45) is 0 Å². The molecule has 108 valence electrons. The fourth-order valence-corrected chi connectivity index (χ4v) is 1.86. The first-order valence-corrected chi connectivity index (χ1v) is 6.18. The van der Waals surface area contributed by atoms with Crippen LogP contribution in [0.1, 0.15) is 5.56 Å². The fourth-order valence-electron chi connectivity index (χ4n) is 1.86. The summed E-state index contributed by atoms with van der Waals surface area (Å²) in [6.07, 6.45) is -0.185. The van der Waals surface area contributed by atoms with Gasteiger partial charge in [-0.2, -0.15) is 0 Å². The van der Waals surface area contributed by atoms with Gasteiger partial charge < -0.3 is 9.47 Å². The van der Waals surface area contributed by atoms with Crippen molar-refractivity contribution in [3.05, 3.63) is 64.2 Å². The van der Waals surface area contributed by atoms with Crippen molar-refractivity contribution >= 4 is 11.7 Å². The number of hydrogen-bond acceptors (Lipinski definition) is 5. The Kier molecular flexibility index (Phi) is 4.50. The van der Waals surface area contributed by atoms with Crippen LogP contribution in [0.15, 0.2) is 48.5 Å². The number of benzene rings is 2. The minimum Gasteiger partial charge on any atom is -0.493 e. The second-order valence-corrected chi connectivity index (χ2v) is 4.19. The molecule has 0 bridgehead atoms. The summed E-state index contributed by atoms with van der Waals surface area (Å²) in [5.74, 6) is 0.116. The molecule has 0 aliphatic carbocycles. The Balaban J connectivity index is 2.14. The predicted octanol–water partition coefficient (Wildman–Crippen LogP) is 2.75. The highest BCUT2D eigenvalue weighted by Gasteiger charge is 2.17. The third-order valence-corrected chi connectivity index (χ3v) is 2.82. The molecule has 0 N–H and O–H groups in total. The lowest BCUT2D eigenvalue weighted by atomic mass is 10.1. The number of nitrogens with zero attached hydrogens (tertiary/aromatic N) is 1. The highest BCUT2D eigenvalue weighted by molar-refractivity contribution is 5.77. The number of methoxy groups -OCH3 is 1. The molecule has 0 aromatic heterocycles. The van der Waals surface area contributed by atoms with E-state index in [9.17, 15) is 14.9 Å². The minimum absolute atomic E-state index is 0.102. The molecule has 0 radical (unpaired) electrons. The Morgan fingerprint density at radius 1 is 1.10 bits per heavy atom. The molecule has 21 heavy (non-hydrogen) atoms. The second-order valence-electron chi connectivity index (χ2n) is 4.19. The van der Waals surface area contributed by atoms with Gasteiger partial charge in [0.2, 0.25) is 0 Å². The van der Waals surface area contributed by atoms with Gasteiger partial charge in [0.05, 0.1) is 18.5 Å². The predicted molar refractivity (Wildman–Crippen MR) is 75.4 cm³/mol. The molecular weight excluding hydrogens is 274 g/mol. The summed E-state index contributed by atoms with van der Waals surface area (Å²) in [4.78, 5) is 22.3. The monoisotopic (exact) mass is 287 g/mol. The Bertz CT molecular complexity index is 669. The maximum absolute atomic E-state index is 11.9. The molecule has 0 heterocycles. The normalized spacial score (nSPS) is 9.95. The number of para-hydroxylation sites is 3. The molecule has 6 nitrogen and oxygen atoms in total. The Labute approximate surface area is 121 Å². The number of carbonyl (C=O) groups excluding carboxylic acids is 1. The van der Waals surface area contributed by atoms with E-state index in [0.717, 1.165) is 0 Å². The summed E-state index contributed by atoms with van der Waals surface area (Å²) in [5, 5.41) is 10.9. The van der Waals surface area contributed by atoms with E-state index in [4.69, 9.17) is 9.47 Å². The maximum atomic E-state index is 11.9. The number of carbonyl (C=O) groups is 1. The summed E-state index contributed by atoms with van der Waals surface area (Å²) < 4.78 is 10.3. The SMILES string of the molecule is COc1ccccc1OC(=O)Cc1ccccc1[N+](=O)[O-]. The van der Waals surface area contributed by atoms with Crippen molar-refractivity contribution in [1.82, 2.24) is 0 Å². The maximum Gasteiger partial charge on any atom is 0.316 e. The van der Waals surface area contributed by atoms with E-state index in [1.54, 1.807) is 36.4 Å². The molecule has 0 saturated heterocycles. The zero-order valence-corrected chi connectivity index (χ0v) is 11.3. The standard InChI is InChI=1S/C15H13NO5/c1-20-13-8-4-5-9-14(13)21-15(17)10-11-6-2-3-7-12(11)16(18)19/h2-9H,10H2,1H3. The van der Waals surface area contributed by atoms with Crippen LogP contribution in [0.2, 0.25) is 0 Å². The lowest BCUT2D eigenvalue weighted by Crippen LogP contribution is -2.12. The van der Waals surface area contributed by atoms with Gasteiger partial charge in [0.25, 0.3) is 5.69 Å². The zero-order valence-electron chi connectivity index (χ0n) is 11.3. The summed E-state index contributed by atoms with van der Waals surface area (Å²) in [6.45, 7) is 0. The Hall–Kier alpha value is -2.89. The summed E-state index contributed by atoms with van der Waals surface area (Å²) in [7, 11) is 1.47. The van der Waals surface area contributed by atoms with E-state index in [2.05, 4.69) is 0 Å². The van der Waals surface area contributed by atoms with Gasteiger partial charge in [0.15, 0.2) is 11.5 Å². The number of nitro groups is 1. The minimum atomic E-state index is -0.589. The molecule has 0 saturated carbocycles. The van der Waals surface area contributed by atoms with Gasteiger partial charge in [-0.1, -0.05) is 30.3 Å². The molecule has 0 amide bonds. The lowest BCUT2D eigenvalue weighted by molar-refractivity contribution is -0.385. The average Bonchev–Trinajstić information content (AvgIpc) is 2.48. The molecule has 2 aromatic rings. The number of esters is 1. The van der Waals surface area contributed by atoms with E-state index in [-0.39, 0.29) is 17.9 Å². The van der Waals surface area contributed by atoms with Crippen molar-refractivity contribution in [3.63, 3.8) is 0 Å². The van der Waals surface area contributed by atoms with Crippen LogP contribution in [0.4, 0.5) is 5.69 Å². The van der Waals surface area contributed by atoms with E-state index in [1.165, 1.54) is 19.2 Å². The van der Waals surface area contributed by atoms with E-state index < -0.39 is 10.9 Å². The van der Waals surface area contributed by atoms with Gasteiger partial charge >= 0.3 is 5.97 Å². The van der Waals surface area contributed by atoms with Crippen molar-refractivity contribution in [2.45, 2.75) is 6.42 Å². The lowest BCUT2D eigenvalue weighted by Gasteiger charge is -2.08. The number of hydrogen-bond donors (Lipinski definition) is 0. The van der Waals surface area contributed by atoms with Crippen LogP contribution in [-0.2, 0) is 11.2 Å². The summed E-state index contributed by atoms with van der Waals surface area (Å²) in [5.41, 5.74) is 0.205. The van der Waals surface area contributed by atoms with Crippen LogP contribution >= 0.6 is 0 Å². The molecule has 0 aliphatic rings.